The SMILES string of the molecule is CC(C)(C)OC(=O)N1CCC(Cc2ccc3cnccc3c2)CC1. The lowest BCUT2D eigenvalue weighted by Gasteiger charge is -2.33. The number of likely N-dealkylation sites (tertiary alicyclic amines) is 1. The highest BCUT2D eigenvalue weighted by molar-refractivity contribution is 5.82. The smallest absolute Gasteiger partial charge is 0.410 e. The number of amides is 1. The fraction of sp³-hybridized carbons (Fsp3) is 0.500. The molecule has 1 saturated heterocycles. The predicted octanol–water partition coefficient (Wildman–Crippen LogP) is 4.42. The standard InChI is InChI=1S/C20H26N2O2/c1-20(2,3)24-19(23)22-10-7-15(8-11-22)12-16-4-5-18-14-21-9-6-17(18)13-16/h4-6,9,13-15H,7-8,10-12H2,1-3H3. The summed E-state index contributed by atoms with van der Waals surface area (Å²) >= 11 is 0. The number of nitrogens with zero attached hydrogens (tertiary/aromatic N) is 2. The van der Waals surface area contributed by atoms with Crippen LogP contribution in [0.1, 0.15) is 39.2 Å². The summed E-state index contributed by atoms with van der Waals surface area (Å²) in [4.78, 5) is 18.1. The number of rotatable bonds is 2. The molecule has 0 N–H and O–H groups in total. The van der Waals surface area contributed by atoms with E-state index < -0.39 is 5.60 Å². The lowest BCUT2D eigenvalue weighted by Crippen LogP contribution is -2.42. The molecule has 0 atom stereocenters. The van der Waals surface area contributed by atoms with E-state index >= 15 is 0 Å². The minimum atomic E-state index is -0.423. The molecule has 2 aromatic rings. The van der Waals surface area contributed by atoms with Crippen molar-refractivity contribution >= 4 is 16.9 Å². The van der Waals surface area contributed by atoms with Gasteiger partial charge in [0, 0.05) is 30.9 Å². The van der Waals surface area contributed by atoms with E-state index in [-0.39, 0.29) is 6.09 Å². The largest absolute Gasteiger partial charge is 0.444 e. The van der Waals surface area contributed by atoms with E-state index in [1.54, 1.807) is 0 Å². The molecule has 0 radical (unpaired) electrons. The Morgan fingerprint density at radius 3 is 2.67 bits per heavy atom. The molecular formula is C20H26N2O2. The van der Waals surface area contributed by atoms with Gasteiger partial charge in [-0.3, -0.25) is 4.98 Å². The molecule has 1 aliphatic rings. The molecule has 1 aromatic heterocycles. The van der Waals surface area contributed by atoms with Crippen LogP contribution in [0.15, 0.2) is 36.7 Å². The Labute approximate surface area is 143 Å². The van der Waals surface area contributed by atoms with Crippen molar-refractivity contribution in [3.05, 3.63) is 42.2 Å². The molecule has 1 amide bonds. The summed E-state index contributed by atoms with van der Waals surface area (Å²) in [5.74, 6) is 0.628. The van der Waals surface area contributed by atoms with E-state index in [0.29, 0.717) is 5.92 Å². The Morgan fingerprint density at radius 1 is 1.21 bits per heavy atom. The Balaban J connectivity index is 1.55. The van der Waals surface area contributed by atoms with Crippen molar-refractivity contribution in [3.63, 3.8) is 0 Å². The molecule has 0 bridgehead atoms. The molecule has 3 rings (SSSR count). The molecule has 4 nitrogen and oxygen atoms in total. The fourth-order valence-corrected chi connectivity index (χ4v) is 3.24. The van der Waals surface area contributed by atoms with Gasteiger partial charge in [0.1, 0.15) is 5.60 Å². The quantitative estimate of drug-likeness (QED) is 0.820. The van der Waals surface area contributed by atoms with Crippen LogP contribution < -0.4 is 0 Å². The first-order chi connectivity index (χ1) is 11.4. The van der Waals surface area contributed by atoms with Crippen LogP contribution in [0.2, 0.25) is 0 Å². The number of pyridine rings is 1. The van der Waals surface area contributed by atoms with E-state index in [9.17, 15) is 4.79 Å². The van der Waals surface area contributed by atoms with Crippen molar-refractivity contribution in [2.45, 2.75) is 45.6 Å². The molecule has 1 aliphatic heterocycles. The van der Waals surface area contributed by atoms with Gasteiger partial charge < -0.3 is 9.64 Å². The lowest BCUT2D eigenvalue weighted by molar-refractivity contribution is 0.0184. The molecule has 0 saturated carbocycles. The molecule has 0 aliphatic carbocycles. The summed E-state index contributed by atoms with van der Waals surface area (Å²) < 4.78 is 5.46. The van der Waals surface area contributed by atoms with Gasteiger partial charge in [-0.2, -0.15) is 0 Å². The Kier molecular flexibility index (Phi) is 4.74. The number of benzene rings is 1. The van der Waals surface area contributed by atoms with Crippen molar-refractivity contribution in [1.29, 1.82) is 0 Å². The van der Waals surface area contributed by atoms with E-state index in [1.807, 2.05) is 38.1 Å². The maximum absolute atomic E-state index is 12.1. The summed E-state index contributed by atoms with van der Waals surface area (Å²) in [5, 5.41) is 2.43. The zero-order chi connectivity index (χ0) is 17.2. The van der Waals surface area contributed by atoms with Gasteiger partial charge in [-0.1, -0.05) is 18.2 Å². The topological polar surface area (TPSA) is 42.4 Å². The van der Waals surface area contributed by atoms with Crippen LogP contribution in [0.4, 0.5) is 4.79 Å². The average molecular weight is 326 g/mol. The van der Waals surface area contributed by atoms with Crippen LogP contribution in [0.3, 0.4) is 0 Å². The second kappa shape index (κ2) is 6.80. The van der Waals surface area contributed by atoms with Crippen molar-refractivity contribution < 1.29 is 9.53 Å². The second-order valence-corrected chi connectivity index (χ2v) is 7.67. The highest BCUT2D eigenvalue weighted by Crippen LogP contribution is 2.24. The van der Waals surface area contributed by atoms with Crippen molar-refractivity contribution in [2.24, 2.45) is 5.92 Å². The first-order valence-corrected chi connectivity index (χ1v) is 8.71. The van der Waals surface area contributed by atoms with Gasteiger partial charge in [-0.15, -0.1) is 0 Å². The van der Waals surface area contributed by atoms with Gasteiger partial charge in [-0.25, -0.2) is 4.79 Å². The Bertz CT molecular complexity index is 713. The lowest BCUT2D eigenvalue weighted by atomic mass is 9.90. The van der Waals surface area contributed by atoms with Crippen LogP contribution in [0.5, 0.6) is 0 Å². The highest BCUT2D eigenvalue weighted by Gasteiger charge is 2.26. The molecule has 24 heavy (non-hydrogen) atoms. The van der Waals surface area contributed by atoms with Crippen LogP contribution in [0, 0.1) is 5.92 Å². The maximum atomic E-state index is 12.1. The maximum Gasteiger partial charge on any atom is 0.410 e. The molecule has 4 heteroatoms. The molecular weight excluding hydrogens is 300 g/mol. The van der Waals surface area contributed by atoms with E-state index in [2.05, 4.69) is 29.2 Å². The zero-order valence-electron chi connectivity index (χ0n) is 14.8. The molecule has 2 heterocycles. The van der Waals surface area contributed by atoms with E-state index in [4.69, 9.17) is 4.74 Å². The minimum Gasteiger partial charge on any atom is -0.444 e. The molecule has 0 spiro atoms. The molecule has 0 unspecified atom stereocenters. The third-order valence-electron chi connectivity index (χ3n) is 4.50. The van der Waals surface area contributed by atoms with Gasteiger partial charge in [-0.05, 0) is 63.0 Å². The number of fused-ring (bicyclic) bond motifs is 1. The number of carbonyl (C=O) groups excluding carboxylic acids is 1. The van der Waals surface area contributed by atoms with E-state index in [0.717, 1.165) is 32.4 Å². The summed E-state index contributed by atoms with van der Waals surface area (Å²) in [6.45, 7) is 7.31. The second-order valence-electron chi connectivity index (χ2n) is 7.67. The number of carbonyl (C=O) groups is 1. The van der Waals surface area contributed by atoms with Crippen LogP contribution in [-0.4, -0.2) is 34.7 Å². The molecule has 1 aromatic carbocycles. The molecule has 1 fully saturated rings. The summed E-state index contributed by atoms with van der Waals surface area (Å²) in [7, 11) is 0. The summed E-state index contributed by atoms with van der Waals surface area (Å²) in [6.07, 6.45) is 6.70. The van der Waals surface area contributed by atoms with E-state index in [1.165, 1.54) is 16.3 Å². The number of piperidine rings is 1. The monoisotopic (exact) mass is 326 g/mol. The number of aromatic nitrogens is 1. The van der Waals surface area contributed by atoms with Gasteiger partial charge in [0.2, 0.25) is 0 Å². The van der Waals surface area contributed by atoms with Gasteiger partial charge >= 0.3 is 6.09 Å². The van der Waals surface area contributed by atoms with Crippen LogP contribution in [0.25, 0.3) is 10.8 Å². The highest BCUT2D eigenvalue weighted by atomic mass is 16.6. The first kappa shape index (κ1) is 16.7. The predicted molar refractivity (Wildman–Crippen MR) is 96.0 cm³/mol. The number of ether oxygens (including phenoxy) is 1. The van der Waals surface area contributed by atoms with Crippen molar-refractivity contribution in [3.8, 4) is 0 Å². The number of hydrogen-bond acceptors (Lipinski definition) is 3. The zero-order valence-corrected chi connectivity index (χ0v) is 14.8. The van der Waals surface area contributed by atoms with Crippen LogP contribution in [-0.2, 0) is 11.2 Å². The van der Waals surface area contributed by atoms with Gasteiger partial charge in [0.05, 0.1) is 0 Å². The van der Waals surface area contributed by atoms with Crippen molar-refractivity contribution in [1.82, 2.24) is 9.88 Å². The van der Waals surface area contributed by atoms with Crippen molar-refractivity contribution in [2.75, 3.05) is 13.1 Å². The van der Waals surface area contributed by atoms with Gasteiger partial charge in [0.25, 0.3) is 0 Å². The summed E-state index contributed by atoms with van der Waals surface area (Å²) in [6, 6.07) is 8.67. The average Bonchev–Trinajstić information content (AvgIpc) is 2.54. The normalized spacial score (nSPS) is 16.4. The Hall–Kier alpha value is -2.10. The number of hydrogen-bond donors (Lipinski definition) is 0. The Morgan fingerprint density at radius 2 is 1.96 bits per heavy atom. The molecule has 128 valence electrons. The van der Waals surface area contributed by atoms with Crippen LogP contribution >= 0.6 is 0 Å². The first-order valence-electron chi connectivity index (χ1n) is 8.71. The fourth-order valence-electron chi connectivity index (χ4n) is 3.24. The third-order valence-corrected chi connectivity index (χ3v) is 4.50. The van der Waals surface area contributed by atoms with Gasteiger partial charge in [0.15, 0.2) is 0 Å². The minimum absolute atomic E-state index is 0.181. The third kappa shape index (κ3) is 4.25. The summed E-state index contributed by atoms with van der Waals surface area (Å²) in [5.41, 5.74) is 0.942.